The number of aliphatic hydroxyl groups is 1. The lowest BCUT2D eigenvalue weighted by Crippen LogP contribution is -2.40. The molecule has 1 aliphatic rings. The van der Waals surface area contributed by atoms with E-state index in [-0.39, 0.29) is 10.6 Å². The molecule has 1 aromatic rings. The summed E-state index contributed by atoms with van der Waals surface area (Å²) in [5, 5.41) is 24.7. The standard InChI is InChI=1S/C15H22N2O3/c1-11-6-8-15(18,9-7-11)10-16-14-12(2)4-3-5-13(14)17(19)20/h3-5,11,16,18H,6-10H2,1-2H3. The largest absolute Gasteiger partial charge is 0.388 e. The summed E-state index contributed by atoms with van der Waals surface area (Å²) in [5.41, 5.74) is 0.664. The van der Waals surface area contributed by atoms with Gasteiger partial charge in [-0.05, 0) is 44.1 Å². The maximum Gasteiger partial charge on any atom is 0.292 e. The Kier molecular flexibility index (Phi) is 4.28. The molecule has 0 amide bonds. The maximum absolute atomic E-state index is 11.1. The Hall–Kier alpha value is -1.62. The van der Waals surface area contributed by atoms with Gasteiger partial charge in [-0.25, -0.2) is 0 Å². The fourth-order valence-electron chi connectivity index (χ4n) is 2.76. The zero-order chi connectivity index (χ0) is 14.8. The van der Waals surface area contributed by atoms with Crippen LogP contribution >= 0.6 is 0 Å². The summed E-state index contributed by atoms with van der Waals surface area (Å²) in [6.07, 6.45) is 3.52. The third-order valence-corrected chi connectivity index (χ3v) is 4.25. The number of nitro groups is 1. The number of nitrogens with one attached hydrogen (secondary N) is 1. The van der Waals surface area contributed by atoms with Crippen molar-refractivity contribution < 1.29 is 10.0 Å². The molecule has 2 rings (SSSR count). The number of hydrogen-bond acceptors (Lipinski definition) is 4. The minimum atomic E-state index is -0.747. The molecule has 1 fully saturated rings. The Morgan fingerprint density at radius 2 is 2.10 bits per heavy atom. The van der Waals surface area contributed by atoms with Gasteiger partial charge in [0, 0.05) is 12.6 Å². The van der Waals surface area contributed by atoms with E-state index in [0.29, 0.717) is 18.2 Å². The molecule has 0 aliphatic heterocycles. The second-order valence-electron chi connectivity index (χ2n) is 5.99. The van der Waals surface area contributed by atoms with Crippen LogP contribution in [0.25, 0.3) is 0 Å². The van der Waals surface area contributed by atoms with Crippen LogP contribution in [0.3, 0.4) is 0 Å². The first-order chi connectivity index (χ1) is 9.41. The molecule has 1 saturated carbocycles. The van der Waals surface area contributed by atoms with Gasteiger partial charge in [-0.2, -0.15) is 0 Å². The van der Waals surface area contributed by atoms with Crippen LogP contribution in [0.15, 0.2) is 18.2 Å². The highest BCUT2D eigenvalue weighted by atomic mass is 16.6. The van der Waals surface area contributed by atoms with Crippen LogP contribution in [0.2, 0.25) is 0 Å². The van der Waals surface area contributed by atoms with Crippen LogP contribution in [0.4, 0.5) is 11.4 Å². The molecular weight excluding hydrogens is 256 g/mol. The lowest BCUT2D eigenvalue weighted by Gasteiger charge is -2.35. The van der Waals surface area contributed by atoms with E-state index in [1.54, 1.807) is 6.07 Å². The quantitative estimate of drug-likeness (QED) is 0.654. The zero-order valence-corrected chi connectivity index (χ0v) is 12.1. The van der Waals surface area contributed by atoms with E-state index >= 15 is 0 Å². The van der Waals surface area contributed by atoms with Gasteiger partial charge in [-0.1, -0.05) is 19.1 Å². The first kappa shape index (κ1) is 14.8. The molecule has 5 heteroatoms. The van der Waals surface area contributed by atoms with Crippen LogP contribution in [-0.2, 0) is 0 Å². The lowest BCUT2D eigenvalue weighted by molar-refractivity contribution is -0.384. The van der Waals surface area contributed by atoms with Crippen molar-refractivity contribution in [3.05, 3.63) is 33.9 Å². The van der Waals surface area contributed by atoms with E-state index in [2.05, 4.69) is 12.2 Å². The van der Waals surface area contributed by atoms with Crippen LogP contribution in [0.5, 0.6) is 0 Å². The van der Waals surface area contributed by atoms with Gasteiger partial charge < -0.3 is 10.4 Å². The minimum absolute atomic E-state index is 0.0674. The van der Waals surface area contributed by atoms with E-state index < -0.39 is 5.60 Å². The van der Waals surface area contributed by atoms with Gasteiger partial charge in [0.1, 0.15) is 5.69 Å². The minimum Gasteiger partial charge on any atom is -0.388 e. The SMILES string of the molecule is Cc1cccc([N+](=O)[O-])c1NCC1(O)CCC(C)CC1. The van der Waals surface area contributed by atoms with Crippen LogP contribution in [0, 0.1) is 23.0 Å². The maximum atomic E-state index is 11.1. The van der Waals surface area contributed by atoms with Crippen molar-refractivity contribution in [3.8, 4) is 0 Å². The number of anilines is 1. The first-order valence-electron chi connectivity index (χ1n) is 7.11. The number of nitro benzene ring substituents is 1. The van der Waals surface area contributed by atoms with Crippen LogP contribution in [0.1, 0.15) is 38.2 Å². The number of para-hydroxylation sites is 1. The summed E-state index contributed by atoms with van der Waals surface area (Å²) in [6.45, 7) is 4.40. The Bertz CT molecular complexity index is 494. The van der Waals surface area contributed by atoms with Crippen molar-refractivity contribution in [3.63, 3.8) is 0 Å². The predicted molar refractivity (Wildman–Crippen MR) is 78.9 cm³/mol. The first-order valence-corrected chi connectivity index (χ1v) is 7.11. The number of hydrogen-bond donors (Lipinski definition) is 2. The molecule has 2 N–H and O–H groups in total. The Morgan fingerprint density at radius 3 is 2.70 bits per heavy atom. The van der Waals surface area contributed by atoms with E-state index in [9.17, 15) is 15.2 Å². The molecule has 0 spiro atoms. The normalized spacial score (nSPS) is 26.2. The summed E-state index contributed by atoms with van der Waals surface area (Å²) < 4.78 is 0. The molecule has 0 aromatic heterocycles. The van der Waals surface area contributed by atoms with E-state index in [4.69, 9.17) is 0 Å². The highest BCUT2D eigenvalue weighted by Crippen LogP contribution is 2.34. The molecule has 0 saturated heterocycles. The summed E-state index contributed by atoms with van der Waals surface area (Å²) in [6, 6.07) is 5.00. The molecule has 5 nitrogen and oxygen atoms in total. The second-order valence-corrected chi connectivity index (χ2v) is 5.99. The third-order valence-electron chi connectivity index (χ3n) is 4.25. The second kappa shape index (κ2) is 5.79. The van der Waals surface area contributed by atoms with Crippen LogP contribution in [-0.4, -0.2) is 22.2 Å². The van der Waals surface area contributed by atoms with Crippen molar-refractivity contribution in [2.45, 2.75) is 45.1 Å². The van der Waals surface area contributed by atoms with Crippen molar-refractivity contribution in [2.75, 3.05) is 11.9 Å². The van der Waals surface area contributed by atoms with Crippen molar-refractivity contribution in [2.24, 2.45) is 5.92 Å². The Labute approximate surface area is 119 Å². The molecule has 0 unspecified atom stereocenters. The molecular formula is C15H22N2O3. The predicted octanol–water partition coefficient (Wildman–Crippen LogP) is 3.26. The van der Waals surface area contributed by atoms with Crippen molar-refractivity contribution in [1.82, 2.24) is 0 Å². The molecule has 0 bridgehead atoms. The van der Waals surface area contributed by atoms with Gasteiger partial charge >= 0.3 is 0 Å². The van der Waals surface area contributed by atoms with E-state index in [1.165, 1.54) is 6.07 Å². The smallest absolute Gasteiger partial charge is 0.292 e. The number of rotatable bonds is 4. The topological polar surface area (TPSA) is 75.4 Å². The fraction of sp³-hybridized carbons (Fsp3) is 0.600. The van der Waals surface area contributed by atoms with E-state index in [0.717, 1.165) is 31.2 Å². The molecule has 0 heterocycles. The lowest BCUT2D eigenvalue weighted by atomic mass is 9.79. The summed E-state index contributed by atoms with van der Waals surface area (Å²) in [7, 11) is 0. The summed E-state index contributed by atoms with van der Waals surface area (Å²) >= 11 is 0. The Balaban J connectivity index is 2.09. The van der Waals surface area contributed by atoms with Gasteiger partial charge in [-0.3, -0.25) is 10.1 Å². The van der Waals surface area contributed by atoms with Gasteiger partial charge in [0.25, 0.3) is 5.69 Å². The number of aryl methyl sites for hydroxylation is 1. The molecule has 1 aromatic carbocycles. The molecule has 1 aliphatic carbocycles. The van der Waals surface area contributed by atoms with Crippen molar-refractivity contribution >= 4 is 11.4 Å². The highest BCUT2D eigenvalue weighted by Gasteiger charge is 2.32. The van der Waals surface area contributed by atoms with Crippen molar-refractivity contribution in [1.29, 1.82) is 0 Å². The number of benzene rings is 1. The summed E-state index contributed by atoms with van der Waals surface area (Å²) in [4.78, 5) is 10.7. The average molecular weight is 278 g/mol. The zero-order valence-electron chi connectivity index (χ0n) is 12.1. The average Bonchev–Trinajstić information content (AvgIpc) is 2.41. The third kappa shape index (κ3) is 3.28. The molecule has 0 radical (unpaired) electrons. The van der Waals surface area contributed by atoms with Crippen LogP contribution < -0.4 is 5.32 Å². The van der Waals surface area contributed by atoms with Gasteiger partial charge in [0.15, 0.2) is 0 Å². The molecule has 20 heavy (non-hydrogen) atoms. The monoisotopic (exact) mass is 278 g/mol. The highest BCUT2D eigenvalue weighted by molar-refractivity contribution is 5.66. The van der Waals surface area contributed by atoms with E-state index in [1.807, 2.05) is 13.0 Å². The fourth-order valence-corrected chi connectivity index (χ4v) is 2.76. The number of nitrogens with zero attached hydrogens (tertiary/aromatic N) is 1. The van der Waals surface area contributed by atoms with Gasteiger partial charge in [0.2, 0.25) is 0 Å². The summed E-state index contributed by atoms with van der Waals surface area (Å²) in [5.74, 6) is 0.656. The molecule has 0 atom stereocenters. The molecule has 110 valence electrons. The van der Waals surface area contributed by atoms with Gasteiger partial charge in [-0.15, -0.1) is 0 Å². The van der Waals surface area contributed by atoms with Gasteiger partial charge in [0.05, 0.1) is 10.5 Å². The Morgan fingerprint density at radius 1 is 1.45 bits per heavy atom.